The van der Waals surface area contributed by atoms with Crippen molar-refractivity contribution >= 4 is 5.69 Å². The van der Waals surface area contributed by atoms with Gasteiger partial charge in [-0.05, 0) is 31.9 Å². The summed E-state index contributed by atoms with van der Waals surface area (Å²) in [6.07, 6.45) is 0.949. The molecule has 0 unspecified atom stereocenters. The van der Waals surface area contributed by atoms with Gasteiger partial charge in [0.05, 0.1) is 12.7 Å². The second kappa shape index (κ2) is 7.46. The van der Waals surface area contributed by atoms with Crippen LogP contribution < -0.4 is 4.90 Å². The summed E-state index contributed by atoms with van der Waals surface area (Å²) in [6, 6.07) is 5.03. The highest BCUT2D eigenvalue weighted by atomic mass is 19.1. The van der Waals surface area contributed by atoms with Crippen LogP contribution in [0.2, 0.25) is 0 Å². The smallest absolute Gasteiger partial charge is 0.131 e. The Bertz CT molecular complexity index is 392. The van der Waals surface area contributed by atoms with E-state index in [1.807, 2.05) is 4.90 Å². The molecule has 0 spiro atoms. The number of anilines is 1. The fourth-order valence-electron chi connectivity index (χ4n) is 2.53. The molecule has 0 amide bonds. The molecule has 3 nitrogen and oxygen atoms in total. The van der Waals surface area contributed by atoms with Gasteiger partial charge in [-0.2, -0.15) is 0 Å². The van der Waals surface area contributed by atoms with Crippen molar-refractivity contribution in [3.8, 4) is 0 Å². The third kappa shape index (κ3) is 3.67. The first-order valence-electron chi connectivity index (χ1n) is 6.90. The van der Waals surface area contributed by atoms with Crippen molar-refractivity contribution in [1.82, 2.24) is 0 Å². The van der Waals surface area contributed by atoms with Crippen molar-refractivity contribution in [2.75, 3.05) is 18.1 Å². The third-order valence-electron chi connectivity index (χ3n) is 3.48. The minimum Gasteiger partial charge on any atom is -0.395 e. The lowest BCUT2D eigenvalue weighted by Gasteiger charge is -2.34. The summed E-state index contributed by atoms with van der Waals surface area (Å²) in [7, 11) is 0. The minimum atomic E-state index is -0.869. The predicted molar refractivity (Wildman–Crippen MR) is 75.8 cm³/mol. The zero-order valence-electron chi connectivity index (χ0n) is 11.9. The molecule has 0 heterocycles. The number of rotatable bonds is 7. The molecule has 2 N–H and O–H groups in total. The van der Waals surface area contributed by atoms with E-state index in [2.05, 4.69) is 13.8 Å². The van der Waals surface area contributed by atoms with Gasteiger partial charge < -0.3 is 15.1 Å². The molecule has 1 rings (SSSR count). The maximum Gasteiger partial charge on any atom is 0.131 e. The molecule has 0 aliphatic heterocycles. The van der Waals surface area contributed by atoms with E-state index in [1.54, 1.807) is 19.1 Å². The van der Waals surface area contributed by atoms with Crippen LogP contribution in [0, 0.1) is 5.82 Å². The lowest BCUT2D eigenvalue weighted by Crippen LogP contribution is -2.37. The van der Waals surface area contributed by atoms with E-state index in [-0.39, 0.29) is 12.6 Å². The number of nitrogens with zero attached hydrogens (tertiary/aromatic N) is 1. The van der Waals surface area contributed by atoms with Gasteiger partial charge in [-0.3, -0.25) is 0 Å². The maximum atomic E-state index is 13.9. The Balaban J connectivity index is 3.25. The van der Waals surface area contributed by atoms with E-state index in [4.69, 9.17) is 0 Å². The van der Waals surface area contributed by atoms with Gasteiger partial charge in [0.15, 0.2) is 0 Å². The monoisotopic (exact) mass is 269 g/mol. The van der Waals surface area contributed by atoms with E-state index < -0.39 is 11.9 Å². The molecule has 0 radical (unpaired) electrons. The first-order valence-corrected chi connectivity index (χ1v) is 6.90. The molecule has 1 aromatic carbocycles. The number of aliphatic hydroxyl groups is 2. The van der Waals surface area contributed by atoms with Crippen molar-refractivity contribution in [2.45, 2.75) is 45.8 Å². The summed E-state index contributed by atoms with van der Waals surface area (Å²) in [4.78, 5) is 1.99. The Morgan fingerprint density at radius 1 is 1.26 bits per heavy atom. The largest absolute Gasteiger partial charge is 0.395 e. The molecule has 0 aliphatic rings. The number of aliphatic hydroxyl groups excluding tert-OH is 2. The molecular weight excluding hydrogens is 245 g/mol. The number of benzene rings is 1. The Kier molecular flexibility index (Phi) is 6.25. The van der Waals surface area contributed by atoms with Crippen LogP contribution in [0.25, 0.3) is 0 Å². The summed E-state index contributed by atoms with van der Waals surface area (Å²) in [5.74, 6) is -0.401. The molecule has 4 heteroatoms. The molecule has 1 atom stereocenters. The highest BCUT2D eigenvalue weighted by molar-refractivity contribution is 5.56. The predicted octanol–water partition coefficient (Wildman–Crippen LogP) is 2.87. The topological polar surface area (TPSA) is 43.7 Å². The lowest BCUT2D eigenvalue weighted by atomic mass is 10.0. The van der Waals surface area contributed by atoms with Gasteiger partial charge in [0.25, 0.3) is 0 Å². The van der Waals surface area contributed by atoms with Crippen molar-refractivity contribution < 1.29 is 14.6 Å². The first-order chi connectivity index (χ1) is 9.06. The molecule has 0 aliphatic carbocycles. The second-order valence-corrected chi connectivity index (χ2v) is 4.74. The summed E-state index contributed by atoms with van der Waals surface area (Å²) in [5, 5.41) is 19.0. The van der Waals surface area contributed by atoms with Gasteiger partial charge in [0, 0.05) is 23.8 Å². The van der Waals surface area contributed by atoms with E-state index in [0.717, 1.165) is 12.8 Å². The molecule has 1 aromatic rings. The normalized spacial score (nSPS) is 12.8. The van der Waals surface area contributed by atoms with E-state index in [0.29, 0.717) is 17.8 Å². The quantitative estimate of drug-likeness (QED) is 0.800. The highest BCUT2D eigenvalue weighted by Gasteiger charge is 2.22. The van der Waals surface area contributed by atoms with Crippen molar-refractivity contribution in [3.63, 3.8) is 0 Å². The van der Waals surface area contributed by atoms with Crippen LogP contribution in [0.15, 0.2) is 18.2 Å². The minimum absolute atomic E-state index is 0.00621. The molecule has 0 saturated heterocycles. The molecule has 0 aromatic heterocycles. The Labute approximate surface area is 114 Å². The molecule has 19 heavy (non-hydrogen) atoms. The molecule has 0 saturated carbocycles. The summed E-state index contributed by atoms with van der Waals surface area (Å²) >= 11 is 0. The zero-order valence-corrected chi connectivity index (χ0v) is 11.9. The average Bonchev–Trinajstić information content (AvgIpc) is 2.38. The van der Waals surface area contributed by atoms with Crippen LogP contribution >= 0.6 is 0 Å². The average molecular weight is 269 g/mol. The van der Waals surface area contributed by atoms with Crippen LogP contribution in [0.1, 0.15) is 45.3 Å². The van der Waals surface area contributed by atoms with Gasteiger partial charge in [-0.15, -0.1) is 0 Å². The van der Waals surface area contributed by atoms with E-state index >= 15 is 0 Å². The molecule has 0 fully saturated rings. The van der Waals surface area contributed by atoms with E-state index in [9.17, 15) is 14.6 Å². The molecule has 0 bridgehead atoms. The first kappa shape index (κ1) is 15.9. The van der Waals surface area contributed by atoms with Gasteiger partial charge in [0.2, 0.25) is 0 Å². The van der Waals surface area contributed by atoms with Gasteiger partial charge >= 0.3 is 0 Å². The van der Waals surface area contributed by atoms with Crippen molar-refractivity contribution in [3.05, 3.63) is 29.6 Å². The molecular formula is C15H24FNO2. The van der Waals surface area contributed by atoms with Crippen LogP contribution in [-0.4, -0.2) is 29.4 Å². The number of hydrogen-bond acceptors (Lipinski definition) is 3. The Morgan fingerprint density at radius 3 is 2.37 bits per heavy atom. The maximum absolute atomic E-state index is 13.9. The SMILES string of the molecule is CCC(CC)N(CCO)c1cccc(F)c1[C@H](C)O. The summed E-state index contributed by atoms with van der Waals surface area (Å²) in [6.45, 7) is 6.15. The van der Waals surface area contributed by atoms with Crippen molar-refractivity contribution in [1.29, 1.82) is 0 Å². The van der Waals surface area contributed by atoms with E-state index in [1.165, 1.54) is 6.07 Å². The number of halogens is 1. The Morgan fingerprint density at radius 2 is 1.89 bits per heavy atom. The van der Waals surface area contributed by atoms with Crippen LogP contribution in [0.5, 0.6) is 0 Å². The van der Waals surface area contributed by atoms with Gasteiger partial charge in [0.1, 0.15) is 5.82 Å². The summed E-state index contributed by atoms with van der Waals surface area (Å²) in [5.41, 5.74) is 0.987. The second-order valence-electron chi connectivity index (χ2n) is 4.74. The molecule has 108 valence electrons. The van der Waals surface area contributed by atoms with Crippen molar-refractivity contribution in [2.24, 2.45) is 0 Å². The van der Waals surface area contributed by atoms with Crippen LogP contribution in [-0.2, 0) is 0 Å². The lowest BCUT2D eigenvalue weighted by molar-refractivity contribution is 0.194. The summed E-state index contributed by atoms with van der Waals surface area (Å²) < 4.78 is 13.9. The fourth-order valence-corrected chi connectivity index (χ4v) is 2.53. The van der Waals surface area contributed by atoms with Gasteiger partial charge in [-0.1, -0.05) is 19.9 Å². The Hall–Kier alpha value is -1.13. The van der Waals surface area contributed by atoms with Crippen LogP contribution in [0.3, 0.4) is 0 Å². The van der Waals surface area contributed by atoms with Gasteiger partial charge in [-0.25, -0.2) is 4.39 Å². The fraction of sp³-hybridized carbons (Fsp3) is 0.600. The third-order valence-corrected chi connectivity index (χ3v) is 3.48. The zero-order chi connectivity index (χ0) is 14.4. The number of hydrogen-bond donors (Lipinski definition) is 2. The van der Waals surface area contributed by atoms with Crippen LogP contribution in [0.4, 0.5) is 10.1 Å². The highest BCUT2D eigenvalue weighted by Crippen LogP contribution is 2.31. The standard InChI is InChI=1S/C15H24FNO2/c1-4-12(5-2)17(9-10-18)14-8-6-7-13(16)15(14)11(3)19/h6-8,11-12,18-19H,4-5,9-10H2,1-3H3/t11-/m0/s1.